The molecule has 0 spiro atoms. The fraction of sp³-hybridized carbons (Fsp3) is 0. The van der Waals surface area contributed by atoms with Crippen molar-refractivity contribution in [1.82, 2.24) is 5.32 Å². The summed E-state index contributed by atoms with van der Waals surface area (Å²) in [5.41, 5.74) is 0.806. The second-order valence-corrected chi connectivity index (χ2v) is 9.07. The van der Waals surface area contributed by atoms with Gasteiger partial charge in [-0.25, -0.2) is 0 Å². The van der Waals surface area contributed by atoms with Gasteiger partial charge in [0.15, 0.2) is 5.75 Å². The minimum absolute atomic E-state index is 0.139. The highest BCUT2D eigenvalue weighted by molar-refractivity contribution is 14.1. The van der Waals surface area contributed by atoms with Crippen molar-refractivity contribution in [3.63, 3.8) is 0 Å². The Labute approximate surface area is 183 Å². The summed E-state index contributed by atoms with van der Waals surface area (Å²) in [6.07, 6.45) is 1.68. The van der Waals surface area contributed by atoms with Crippen LogP contribution in [0.3, 0.4) is 0 Å². The molecule has 2 aromatic carbocycles. The first-order valence-electron chi connectivity index (χ1n) is 6.74. The van der Waals surface area contributed by atoms with Crippen molar-refractivity contribution >= 4 is 90.1 Å². The van der Waals surface area contributed by atoms with E-state index >= 15 is 0 Å². The molecule has 1 aliphatic rings. The lowest BCUT2D eigenvalue weighted by Crippen LogP contribution is -2.17. The standard InChI is InChI=1S/C16H8BrI2NO4S/c17-9-6-8(1-2-12(9)21)24-14-10(18)3-7(4-11(14)19)5-13-15(22)20-16(23)25-13/h1-6,21H,(H,20,22,23)/b13-5+. The number of benzene rings is 2. The van der Waals surface area contributed by atoms with Crippen molar-refractivity contribution in [3.05, 3.63) is 52.4 Å². The summed E-state index contributed by atoms with van der Waals surface area (Å²) in [7, 11) is 0. The van der Waals surface area contributed by atoms with Gasteiger partial charge in [-0.05, 0) is 115 Å². The Morgan fingerprint density at radius 1 is 1.16 bits per heavy atom. The van der Waals surface area contributed by atoms with E-state index in [0.29, 0.717) is 20.9 Å². The normalized spacial score (nSPS) is 15.6. The number of phenolic OH excluding ortho intramolecular Hbond substituents is 1. The lowest BCUT2D eigenvalue weighted by atomic mass is 10.2. The number of halogens is 3. The quantitative estimate of drug-likeness (QED) is 0.342. The summed E-state index contributed by atoms with van der Waals surface area (Å²) >= 11 is 8.46. The van der Waals surface area contributed by atoms with Crippen LogP contribution < -0.4 is 10.1 Å². The van der Waals surface area contributed by atoms with Gasteiger partial charge in [0, 0.05) is 0 Å². The van der Waals surface area contributed by atoms with Crippen LogP contribution in [0.2, 0.25) is 0 Å². The Morgan fingerprint density at radius 2 is 1.84 bits per heavy atom. The molecule has 25 heavy (non-hydrogen) atoms. The van der Waals surface area contributed by atoms with Gasteiger partial charge < -0.3 is 9.84 Å². The van der Waals surface area contributed by atoms with Crippen LogP contribution in [0, 0.1) is 7.14 Å². The van der Waals surface area contributed by atoms with Crippen LogP contribution in [0.5, 0.6) is 17.2 Å². The van der Waals surface area contributed by atoms with Gasteiger partial charge in [0.25, 0.3) is 11.1 Å². The molecule has 2 N–H and O–H groups in total. The van der Waals surface area contributed by atoms with Gasteiger partial charge >= 0.3 is 0 Å². The third kappa shape index (κ3) is 4.49. The summed E-state index contributed by atoms with van der Waals surface area (Å²) in [4.78, 5) is 23.3. The molecule has 0 radical (unpaired) electrons. The average molecular weight is 644 g/mol. The Morgan fingerprint density at radius 3 is 2.40 bits per heavy atom. The minimum Gasteiger partial charge on any atom is -0.507 e. The van der Waals surface area contributed by atoms with E-state index in [1.807, 2.05) is 12.1 Å². The number of ether oxygens (including phenoxy) is 1. The third-order valence-electron chi connectivity index (χ3n) is 3.10. The molecule has 2 aromatic rings. The highest BCUT2D eigenvalue weighted by Gasteiger charge is 2.25. The molecule has 0 saturated carbocycles. The second-order valence-electron chi connectivity index (χ2n) is 4.88. The molecule has 1 aliphatic heterocycles. The Balaban J connectivity index is 1.90. The average Bonchev–Trinajstić information content (AvgIpc) is 2.84. The highest BCUT2D eigenvalue weighted by atomic mass is 127. The van der Waals surface area contributed by atoms with E-state index in [2.05, 4.69) is 66.4 Å². The summed E-state index contributed by atoms with van der Waals surface area (Å²) < 4.78 is 8.18. The van der Waals surface area contributed by atoms with Crippen molar-refractivity contribution < 1.29 is 19.4 Å². The van der Waals surface area contributed by atoms with Crippen LogP contribution in [0.1, 0.15) is 5.56 Å². The first kappa shape index (κ1) is 19.0. The molecule has 0 unspecified atom stereocenters. The maximum absolute atomic E-state index is 11.7. The minimum atomic E-state index is -0.380. The number of thioether (sulfide) groups is 1. The largest absolute Gasteiger partial charge is 0.507 e. The molecular formula is C16H8BrI2NO4S. The Kier molecular flexibility index (Phi) is 5.96. The monoisotopic (exact) mass is 643 g/mol. The van der Waals surface area contributed by atoms with Crippen LogP contribution in [-0.2, 0) is 4.79 Å². The summed E-state index contributed by atoms with van der Waals surface area (Å²) in [6, 6.07) is 8.65. The molecular weight excluding hydrogens is 636 g/mol. The fourth-order valence-electron chi connectivity index (χ4n) is 2.00. The number of rotatable bonds is 3. The molecule has 0 aromatic heterocycles. The van der Waals surface area contributed by atoms with Crippen LogP contribution in [0.4, 0.5) is 4.79 Å². The van der Waals surface area contributed by atoms with Gasteiger partial charge in [0.1, 0.15) is 11.5 Å². The van der Waals surface area contributed by atoms with E-state index in [1.165, 1.54) is 0 Å². The lowest BCUT2D eigenvalue weighted by Gasteiger charge is -2.12. The Hall–Kier alpha value is -0.790. The third-order valence-corrected chi connectivity index (χ3v) is 6.15. The number of nitrogens with one attached hydrogen (secondary N) is 1. The molecule has 1 heterocycles. The molecule has 0 atom stereocenters. The van der Waals surface area contributed by atoms with Gasteiger partial charge in [-0.1, -0.05) is 0 Å². The maximum Gasteiger partial charge on any atom is 0.290 e. The molecule has 5 nitrogen and oxygen atoms in total. The van der Waals surface area contributed by atoms with Gasteiger partial charge in [-0.2, -0.15) is 0 Å². The molecule has 0 bridgehead atoms. The maximum atomic E-state index is 11.7. The summed E-state index contributed by atoms with van der Waals surface area (Å²) in [5, 5.41) is 11.4. The highest BCUT2D eigenvalue weighted by Crippen LogP contribution is 2.36. The number of phenols is 1. The Bertz CT molecular complexity index is 909. The van der Waals surface area contributed by atoms with Crippen molar-refractivity contribution in [1.29, 1.82) is 0 Å². The number of aromatic hydroxyl groups is 1. The summed E-state index contributed by atoms with van der Waals surface area (Å²) in [5.74, 6) is 1.03. The zero-order chi connectivity index (χ0) is 18.1. The van der Waals surface area contributed by atoms with Gasteiger partial charge in [-0.15, -0.1) is 0 Å². The number of hydrogen-bond donors (Lipinski definition) is 2. The van der Waals surface area contributed by atoms with Gasteiger partial charge in [0.2, 0.25) is 0 Å². The van der Waals surface area contributed by atoms with E-state index in [4.69, 9.17) is 4.74 Å². The number of amides is 2. The zero-order valence-corrected chi connectivity index (χ0v) is 18.9. The van der Waals surface area contributed by atoms with E-state index in [9.17, 15) is 14.7 Å². The molecule has 2 amide bonds. The molecule has 1 saturated heterocycles. The van der Waals surface area contributed by atoms with Crippen LogP contribution in [0.15, 0.2) is 39.7 Å². The predicted octanol–water partition coefficient (Wildman–Crippen LogP) is 5.48. The lowest BCUT2D eigenvalue weighted by molar-refractivity contribution is -0.115. The van der Waals surface area contributed by atoms with Crippen molar-refractivity contribution in [2.75, 3.05) is 0 Å². The number of carbonyl (C=O) groups excluding carboxylic acids is 2. The number of imide groups is 1. The summed E-state index contributed by atoms with van der Waals surface area (Å²) in [6.45, 7) is 0. The van der Waals surface area contributed by atoms with E-state index in [0.717, 1.165) is 24.5 Å². The van der Waals surface area contributed by atoms with E-state index in [1.54, 1.807) is 24.3 Å². The van der Waals surface area contributed by atoms with Crippen LogP contribution >= 0.6 is 72.9 Å². The van der Waals surface area contributed by atoms with E-state index in [-0.39, 0.29) is 16.9 Å². The number of carbonyl (C=O) groups is 2. The first-order valence-corrected chi connectivity index (χ1v) is 10.5. The van der Waals surface area contributed by atoms with Crippen LogP contribution in [-0.4, -0.2) is 16.3 Å². The topological polar surface area (TPSA) is 75.6 Å². The van der Waals surface area contributed by atoms with Crippen molar-refractivity contribution in [2.45, 2.75) is 0 Å². The molecule has 3 rings (SSSR count). The van der Waals surface area contributed by atoms with Gasteiger partial charge in [-0.3, -0.25) is 14.9 Å². The van der Waals surface area contributed by atoms with Crippen molar-refractivity contribution in [2.24, 2.45) is 0 Å². The molecule has 0 aliphatic carbocycles. The SMILES string of the molecule is O=C1NC(=O)/C(=C\c2cc(I)c(Oc3ccc(O)c(Br)c3)c(I)c2)S1. The molecule has 1 fully saturated rings. The molecule has 9 heteroatoms. The molecule has 128 valence electrons. The fourth-order valence-corrected chi connectivity index (χ4v) is 5.08. The van der Waals surface area contributed by atoms with E-state index < -0.39 is 0 Å². The zero-order valence-electron chi connectivity index (χ0n) is 12.2. The number of hydrogen-bond acceptors (Lipinski definition) is 5. The first-order chi connectivity index (χ1) is 11.8. The smallest absolute Gasteiger partial charge is 0.290 e. The predicted molar refractivity (Wildman–Crippen MR) is 117 cm³/mol. The van der Waals surface area contributed by atoms with Crippen LogP contribution in [0.25, 0.3) is 6.08 Å². The van der Waals surface area contributed by atoms with Gasteiger partial charge in [0.05, 0.1) is 16.5 Å². The second kappa shape index (κ2) is 7.84. The van der Waals surface area contributed by atoms with Crippen molar-refractivity contribution in [3.8, 4) is 17.2 Å².